The normalized spacial score (nSPS) is 14.5. The van der Waals surface area contributed by atoms with Crippen LogP contribution in [0.25, 0.3) is 0 Å². The van der Waals surface area contributed by atoms with Crippen LogP contribution in [0.15, 0.2) is 29.2 Å². The lowest BCUT2D eigenvalue weighted by molar-refractivity contribution is -0.131. The van der Waals surface area contributed by atoms with Crippen LogP contribution in [0.4, 0.5) is 5.69 Å². The highest BCUT2D eigenvalue weighted by atomic mass is 32.2. The molecule has 1 amide bonds. The SMILES string of the molecule is COc1ccccc1N1CCN(C(=O)CCNS(=O)(=O)c2c(C)c(C)c(C)c(C)c2C)CC1. The third kappa shape index (κ3) is 5.17. The van der Waals surface area contributed by atoms with Gasteiger partial charge in [-0.3, -0.25) is 4.79 Å². The zero-order valence-corrected chi connectivity index (χ0v) is 21.3. The van der Waals surface area contributed by atoms with Crippen molar-refractivity contribution < 1.29 is 17.9 Å². The van der Waals surface area contributed by atoms with Gasteiger partial charge in [0.05, 0.1) is 17.7 Å². The molecule has 1 heterocycles. The Morgan fingerprint density at radius 1 is 0.909 bits per heavy atom. The monoisotopic (exact) mass is 473 g/mol. The molecule has 1 aliphatic heterocycles. The summed E-state index contributed by atoms with van der Waals surface area (Å²) < 4.78 is 34.2. The van der Waals surface area contributed by atoms with E-state index in [-0.39, 0.29) is 18.9 Å². The van der Waals surface area contributed by atoms with Crippen LogP contribution in [0.3, 0.4) is 0 Å². The van der Waals surface area contributed by atoms with E-state index in [2.05, 4.69) is 9.62 Å². The Bertz CT molecular complexity index is 1110. The van der Waals surface area contributed by atoms with Crippen molar-refractivity contribution >= 4 is 21.6 Å². The maximum atomic E-state index is 13.1. The van der Waals surface area contributed by atoms with E-state index in [9.17, 15) is 13.2 Å². The largest absolute Gasteiger partial charge is 0.495 e. The average molecular weight is 474 g/mol. The zero-order valence-electron chi connectivity index (χ0n) is 20.5. The van der Waals surface area contributed by atoms with E-state index >= 15 is 0 Å². The van der Waals surface area contributed by atoms with Crippen molar-refractivity contribution in [3.05, 3.63) is 52.1 Å². The molecule has 0 aromatic heterocycles. The number of hydrogen-bond acceptors (Lipinski definition) is 5. The minimum atomic E-state index is -3.71. The second kappa shape index (κ2) is 10.1. The highest BCUT2D eigenvalue weighted by Crippen LogP contribution is 2.30. The van der Waals surface area contributed by atoms with Crippen LogP contribution in [0, 0.1) is 34.6 Å². The fraction of sp³-hybridized carbons (Fsp3) is 0.480. The Hall–Kier alpha value is -2.58. The topological polar surface area (TPSA) is 79.0 Å². The molecule has 0 aliphatic carbocycles. The molecule has 0 atom stereocenters. The van der Waals surface area contributed by atoms with Gasteiger partial charge >= 0.3 is 0 Å². The summed E-state index contributed by atoms with van der Waals surface area (Å²) in [5, 5.41) is 0. The molecule has 180 valence electrons. The van der Waals surface area contributed by atoms with Crippen LogP contribution >= 0.6 is 0 Å². The summed E-state index contributed by atoms with van der Waals surface area (Å²) in [5.74, 6) is 0.779. The Morgan fingerprint density at radius 2 is 1.45 bits per heavy atom. The molecule has 1 N–H and O–H groups in total. The number of anilines is 1. The number of methoxy groups -OCH3 is 1. The molecule has 2 aromatic rings. The second-order valence-electron chi connectivity index (χ2n) is 8.64. The van der Waals surface area contributed by atoms with Crippen molar-refractivity contribution in [3.8, 4) is 5.75 Å². The average Bonchev–Trinajstić information content (AvgIpc) is 2.81. The van der Waals surface area contributed by atoms with Gasteiger partial charge in [-0.2, -0.15) is 0 Å². The molecule has 1 fully saturated rings. The molecule has 2 aromatic carbocycles. The number of piperazine rings is 1. The van der Waals surface area contributed by atoms with Gasteiger partial charge in [-0.15, -0.1) is 0 Å². The van der Waals surface area contributed by atoms with Crippen molar-refractivity contribution in [1.29, 1.82) is 0 Å². The summed E-state index contributed by atoms with van der Waals surface area (Å²) in [4.78, 5) is 17.1. The summed E-state index contributed by atoms with van der Waals surface area (Å²) in [5.41, 5.74) is 5.65. The van der Waals surface area contributed by atoms with Crippen LogP contribution in [0.1, 0.15) is 34.2 Å². The summed E-state index contributed by atoms with van der Waals surface area (Å²) in [7, 11) is -2.05. The molecule has 0 unspecified atom stereocenters. The molecular weight excluding hydrogens is 438 g/mol. The molecule has 3 rings (SSSR count). The van der Waals surface area contributed by atoms with Crippen LogP contribution in [0.2, 0.25) is 0 Å². The first kappa shape index (κ1) is 25.1. The zero-order chi connectivity index (χ0) is 24.3. The standard InChI is InChI=1S/C25H35N3O4S/c1-17-18(2)20(4)25(21(5)19(17)3)33(30,31)26-12-11-24(29)28-15-13-27(14-16-28)22-9-7-8-10-23(22)32-6/h7-10,26H,11-16H2,1-6H3. The van der Waals surface area contributed by atoms with E-state index in [1.165, 1.54) is 0 Å². The lowest BCUT2D eigenvalue weighted by Gasteiger charge is -2.36. The number of nitrogens with zero attached hydrogens (tertiary/aromatic N) is 2. The third-order valence-corrected chi connectivity index (χ3v) is 8.62. The molecule has 0 spiro atoms. The first-order valence-electron chi connectivity index (χ1n) is 11.3. The molecule has 33 heavy (non-hydrogen) atoms. The predicted molar refractivity (Wildman–Crippen MR) is 132 cm³/mol. The highest BCUT2D eigenvalue weighted by molar-refractivity contribution is 7.89. The van der Waals surface area contributed by atoms with Crippen LogP contribution in [0.5, 0.6) is 5.75 Å². The maximum absolute atomic E-state index is 13.1. The van der Waals surface area contributed by atoms with Crippen LogP contribution < -0.4 is 14.4 Å². The fourth-order valence-electron chi connectivity index (χ4n) is 4.48. The molecule has 8 heteroatoms. The van der Waals surface area contributed by atoms with E-state index in [0.717, 1.165) is 39.3 Å². The minimum Gasteiger partial charge on any atom is -0.495 e. The Balaban J connectivity index is 1.58. The van der Waals surface area contributed by atoms with Crippen molar-refractivity contribution in [1.82, 2.24) is 9.62 Å². The summed E-state index contributed by atoms with van der Waals surface area (Å²) in [6.07, 6.45) is 0.135. The first-order valence-corrected chi connectivity index (χ1v) is 12.8. The van der Waals surface area contributed by atoms with Gasteiger partial charge < -0.3 is 14.5 Å². The number of carbonyl (C=O) groups is 1. The number of benzene rings is 2. The van der Waals surface area contributed by atoms with Crippen LogP contribution in [-0.4, -0.2) is 59.1 Å². The van der Waals surface area contributed by atoms with E-state index in [1.54, 1.807) is 12.0 Å². The molecular formula is C25H35N3O4S. The smallest absolute Gasteiger partial charge is 0.241 e. The van der Waals surface area contributed by atoms with Crippen molar-refractivity contribution in [3.63, 3.8) is 0 Å². The van der Waals surface area contributed by atoms with Gasteiger partial charge in [-0.1, -0.05) is 12.1 Å². The van der Waals surface area contributed by atoms with Gasteiger partial charge in [0.1, 0.15) is 5.75 Å². The summed E-state index contributed by atoms with van der Waals surface area (Å²) in [6.45, 7) is 12.3. The maximum Gasteiger partial charge on any atom is 0.241 e. The highest BCUT2D eigenvalue weighted by Gasteiger charge is 2.25. The van der Waals surface area contributed by atoms with Gasteiger partial charge in [-0.05, 0) is 74.6 Å². The third-order valence-electron chi connectivity index (χ3n) is 6.89. The van der Waals surface area contributed by atoms with E-state index in [1.807, 2.05) is 58.9 Å². The number of amides is 1. The van der Waals surface area contributed by atoms with E-state index in [0.29, 0.717) is 31.1 Å². The quantitative estimate of drug-likeness (QED) is 0.668. The number of hydrogen-bond donors (Lipinski definition) is 1. The van der Waals surface area contributed by atoms with Gasteiger partial charge in [0.2, 0.25) is 15.9 Å². The number of sulfonamides is 1. The van der Waals surface area contributed by atoms with Gasteiger partial charge in [0.25, 0.3) is 0 Å². The minimum absolute atomic E-state index is 0.0397. The second-order valence-corrected chi connectivity index (χ2v) is 10.3. The fourth-order valence-corrected chi connectivity index (χ4v) is 6.11. The van der Waals surface area contributed by atoms with Gasteiger partial charge in [0.15, 0.2) is 0 Å². The van der Waals surface area contributed by atoms with Gasteiger partial charge in [-0.25, -0.2) is 13.1 Å². The Labute approximate surface area is 197 Å². The lowest BCUT2D eigenvalue weighted by atomic mass is 9.95. The van der Waals surface area contributed by atoms with Crippen molar-refractivity contribution in [2.45, 2.75) is 45.9 Å². The number of nitrogens with one attached hydrogen (secondary N) is 1. The van der Waals surface area contributed by atoms with E-state index < -0.39 is 10.0 Å². The predicted octanol–water partition coefficient (Wildman–Crippen LogP) is 3.25. The Kier molecular flexibility index (Phi) is 7.69. The van der Waals surface area contributed by atoms with Crippen molar-refractivity contribution in [2.24, 2.45) is 0 Å². The molecule has 7 nitrogen and oxygen atoms in total. The molecule has 1 saturated heterocycles. The molecule has 1 aliphatic rings. The summed E-state index contributed by atoms with van der Waals surface area (Å²) >= 11 is 0. The number of rotatable bonds is 7. The summed E-state index contributed by atoms with van der Waals surface area (Å²) in [6, 6.07) is 7.86. The molecule has 0 saturated carbocycles. The number of ether oxygens (including phenoxy) is 1. The number of carbonyl (C=O) groups excluding carboxylic acids is 1. The van der Waals surface area contributed by atoms with Gasteiger partial charge in [0, 0.05) is 39.1 Å². The number of para-hydroxylation sites is 2. The first-order chi connectivity index (χ1) is 15.6. The van der Waals surface area contributed by atoms with E-state index in [4.69, 9.17) is 4.74 Å². The lowest BCUT2D eigenvalue weighted by Crippen LogP contribution is -2.49. The molecule has 0 bridgehead atoms. The van der Waals surface area contributed by atoms with Crippen LogP contribution in [-0.2, 0) is 14.8 Å². The molecule has 0 radical (unpaired) electrons. The van der Waals surface area contributed by atoms with Crippen molar-refractivity contribution in [2.75, 3.05) is 44.7 Å². The Morgan fingerprint density at radius 3 is 2.03 bits per heavy atom.